The molecule has 0 spiro atoms. The fraction of sp³-hybridized carbons (Fsp3) is 0.0629. The molecule has 33 rings (SSSR count). The van der Waals surface area contributed by atoms with Gasteiger partial charge in [-0.2, -0.15) is 0 Å². The van der Waals surface area contributed by atoms with Gasteiger partial charge in [-0.3, -0.25) is 0 Å². The molecular weight excluding hydrogens is 1780 g/mol. The molecule has 0 saturated carbocycles. The number of aromatic nitrogens is 2. The summed E-state index contributed by atoms with van der Waals surface area (Å²) in [6.45, 7) is 14.6. The van der Waals surface area contributed by atoms with Crippen LogP contribution in [0.2, 0.25) is 0 Å². The first-order valence-electron chi connectivity index (χ1n) is 51.4. The molecule has 3 heteroatoms. The second kappa shape index (κ2) is 30.7. The molecule has 3 heterocycles. The van der Waals surface area contributed by atoms with Gasteiger partial charge in [-0.25, -0.2) is 0 Å². The average molecular weight is 1870 g/mol. The Hall–Kier alpha value is -17.6. The molecule has 0 atom stereocenters. The summed E-state index contributed by atoms with van der Waals surface area (Å²) in [5.41, 5.74) is 28.6. The summed E-state index contributed by atoms with van der Waals surface area (Å²) < 4.78 is 7.70. The fourth-order valence-corrected chi connectivity index (χ4v) is 28.7. The van der Waals surface area contributed by atoms with Crippen molar-refractivity contribution >= 4 is 226 Å². The number of para-hydroxylation sites is 4. The molecule has 682 valence electrons. The van der Waals surface area contributed by atoms with Crippen molar-refractivity contribution < 1.29 is 0 Å². The van der Waals surface area contributed by atoms with Crippen LogP contribution in [0.5, 0.6) is 0 Å². The van der Waals surface area contributed by atoms with Crippen LogP contribution in [0.25, 0.3) is 282 Å². The molecule has 0 unspecified atom stereocenters. The van der Waals surface area contributed by atoms with E-state index in [1.54, 1.807) is 0 Å². The van der Waals surface area contributed by atoms with Crippen LogP contribution in [-0.4, -0.2) is 9.13 Å². The van der Waals surface area contributed by atoms with E-state index < -0.39 is 0 Å². The fourth-order valence-electron chi connectivity index (χ4n) is 27.5. The number of nitrogens with zero attached hydrogens (tertiary/aromatic N) is 2. The van der Waals surface area contributed by atoms with E-state index in [-0.39, 0.29) is 16.2 Å². The Bertz CT molecular complexity index is 11000. The Morgan fingerprint density at radius 3 is 1.03 bits per heavy atom. The van der Waals surface area contributed by atoms with Crippen LogP contribution in [0, 0.1) is 0 Å². The van der Waals surface area contributed by atoms with Crippen molar-refractivity contribution in [2.75, 3.05) is 0 Å². The molecule has 0 fully saturated rings. The SMILES string of the molecule is CC1(C)c2cc(-n3c4ccccc4c4ccccc43)c3ccccc3c2-c2ccc3c4ccccc4c4ccccc4c3c21.CC1(C)c2cc3c4ccccc4c4ccccc4c3cc2-c2c1cc(-c1cccc(-c3cccc4c3sc3ccccc34)c1)c1ccc3ccccc3c21.CC1(C)c2cc3c4ccccc4c4ccccc4c3cc2-c2c1cc(-n1c3ccccc3c3ccccc31)c1c2ccc2ccccc21. The molecule has 3 aromatic heterocycles. The number of benzene rings is 27. The average Bonchev–Trinajstić information content (AvgIpc) is 1.52. The van der Waals surface area contributed by atoms with E-state index >= 15 is 0 Å². The molecule has 146 heavy (non-hydrogen) atoms. The van der Waals surface area contributed by atoms with Gasteiger partial charge in [-0.05, 0) is 308 Å². The van der Waals surface area contributed by atoms with Crippen LogP contribution in [0.1, 0.15) is 74.9 Å². The monoisotopic (exact) mass is 1870 g/mol. The van der Waals surface area contributed by atoms with Crippen LogP contribution in [0.3, 0.4) is 0 Å². The molecule has 0 bridgehead atoms. The molecule has 0 aliphatic heterocycles. The van der Waals surface area contributed by atoms with Gasteiger partial charge in [0.2, 0.25) is 0 Å². The van der Waals surface area contributed by atoms with Gasteiger partial charge < -0.3 is 9.13 Å². The summed E-state index contributed by atoms with van der Waals surface area (Å²) in [7, 11) is 0. The maximum Gasteiger partial charge on any atom is 0.0550 e. The molecule has 3 aliphatic rings. The zero-order chi connectivity index (χ0) is 96.6. The Morgan fingerprint density at radius 1 is 0.171 bits per heavy atom. The third-order valence-corrected chi connectivity index (χ3v) is 35.3. The van der Waals surface area contributed by atoms with Gasteiger partial charge in [-0.15, -0.1) is 11.3 Å². The largest absolute Gasteiger partial charge is 0.309 e. The summed E-state index contributed by atoms with van der Waals surface area (Å²) in [4.78, 5) is 0. The lowest BCUT2D eigenvalue weighted by Crippen LogP contribution is -2.16. The smallest absolute Gasteiger partial charge is 0.0550 e. The van der Waals surface area contributed by atoms with Crippen LogP contribution in [-0.2, 0) is 16.2 Å². The molecular formula is C143H94N2S. The third kappa shape index (κ3) is 11.5. The first kappa shape index (κ1) is 83.1. The second-order valence-corrected chi connectivity index (χ2v) is 43.5. The standard InChI is InChI=1S/C53H34S.C47H31N.C43H29N/c1-53(2)47-30-45-39-20-8-6-18-37(39)36-17-5-7-19-38(36)44(45)28-46(47)51-48(53)29-43(41-26-25-31-13-3-4-16-34(31)50(41)51)33-15-11-14-32(27-33)35-22-12-23-42-40-21-9-10-24-49(40)54-52(35)42;1-47(2)40-26-38-33-18-8-6-16-31(33)30-15-5-7-17-32(30)37(38)25-39(40)45-36-24-23-28-13-3-4-14-29(28)46(36)44(27-41(45)47)48-42-21-11-9-19-34(42)35-20-10-12-22-43(35)48;1-43(2)36-25-39(44-37-21-11-9-16-29(37)30-17-10-12-22-38(30)44)31-18-6-8-20-33(31)40(36)35-24-23-34-28-15-4-3-13-26(28)27-14-5-7-19-32(27)41(34)42(35)43/h3-30H,1-2H3;3-27H,1-2H3;3-25H,1-2H3. The molecule has 0 amide bonds. The maximum absolute atomic E-state index is 2.53. The lowest BCUT2D eigenvalue weighted by molar-refractivity contribution is 0.661. The third-order valence-electron chi connectivity index (χ3n) is 34.1. The lowest BCUT2D eigenvalue weighted by atomic mass is 9.78. The van der Waals surface area contributed by atoms with Crippen molar-refractivity contribution in [3.05, 3.63) is 494 Å². The van der Waals surface area contributed by atoms with Crippen LogP contribution >= 0.6 is 11.3 Å². The number of rotatable bonds is 4. The first-order chi connectivity index (χ1) is 71.8. The lowest BCUT2D eigenvalue weighted by Gasteiger charge is -2.25. The van der Waals surface area contributed by atoms with E-state index in [4.69, 9.17) is 0 Å². The molecule has 30 aromatic rings. The Kier molecular flexibility index (Phi) is 17.5. The van der Waals surface area contributed by atoms with Crippen LogP contribution < -0.4 is 0 Å². The van der Waals surface area contributed by atoms with Crippen molar-refractivity contribution in [1.29, 1.82) is 0 Å². The quantitative estimate of drug-likeness (QED) is 0.155. The molecule has 2 nitrogen and oxygen atoms in total. The summed E-state index contributed by atoms with van der Waals surface area (Å²) in [6.07, 6.45) is 0. The second-order valence-electron chi connectivity index (χ2n) is 42.5. The molecule has 3 aliphatic carbocycles. The molecule has 27 aromatic carbocycles. The Labute approximate surface area is 847 Å². The van der Waals surface area contributed by atoms with Crippen molar-refractivity contribution in [3.63, 3.8) is 0 Å². The van der Waals surface area contributed by atoms with Crippen molar-refractivity contribution in [2.45, 2.75) is 57.8 Å². The Morgan fingerprint density at radius 2 is 0.514 bits per heavy atom. The highest BCUT2D eigenvalue weighted by Crippen LogP contribution is 2.62. The predicted octanol–water partition coefficient (Wildman–Crippen LogP) is 40.0. The van der Waals surface area contributed by atoms with E-state index in [1.165, 1.54) is 315 Å². The number of hydrogen-bond acceptors (Lipinski definition) is 1. The zero-order valence-electron chi connectivity index (χ0n) is 81.7. The van der Waals surface area contributed by atoms with Crippen molar-refractivity contribution in [1.82, 2.24) is 9.13 Å². The topological polar surface area (TPSA) is 9.86 Å². The summed E-state index contributed by atoms with van der Waals surface area (Å²) in [5, 5.41) is 44.8. The maximum atomic E-state index is 2.53. The Balaban J connectivity index is 0.0000001000. The normalized spacial score (nSPS) is 13.7. The van der Waals surface area contributed by atoms with Crippen molar-refractivity contribution in [2.24, 2.45) is 0 Å². The summed E-state index contributed by atoms with van der Waals surface area (Å²) in [6, 6.07) is 173. The van der Waals surface area contributed by atoms with Gasteiger partial charge in [0.1, 0.15) is 0 Å². The predicted molar refractivity (Wildman–Crippen MR) is 630 cm³/mol. The number of thiophene rings is 1. The first-order valence-corrected chi connectivity index (χ1v) is 52.2. The molecule has 0 radical (unpaired) electrons. The zero-order valence-corrected chi connectivity index (χ0v) is 82.5. The highest BCUT2D eigenvalue weighted by molar-refractivity contribution is 7.26. The van der Waals surface area contributed by atoms with E-state index in [9.17, 15) is 0 Å². The highest BCUT2D eigenvalue weighted by atomic mass is 32.1. The van der Waals surface area contributed by atoms with Gasteiger partial charge in [0.25, 0.3) is 0 Å². The van der Waals surface area contributed by atoms with E-state index in [0.29, 0.717) is 0 Å². The summed E-state index contributed by atoms with van der Waals surface area (Å²) >= 11 is 1.90. The van der Waals surface area contributed by atoms with Crippen LogP contribution in [0.4, 0.5) is 0 Å². The number of fused-ring (bicyclic) bond motifs is 47. The van der Waals surface area contributed by atoms with Crippen molar-refractivity contribution in [3.8, 4) is 67.0 Å². The summed E-state index contributed by atoms with van der Waals surface area (Å²) in [5.74, 6) is 0. The van der Waals surface area contributed by atoms with Gasteiger partial charge in [0.05, 0.1) is 33.4 Å². The van der Waals surface area contributed by atoms with E-state index in [1.807, 2.05) is 11.3 Å². The van der Waals surface area contributed by atoms with Gasteiger partial charge >= 0.3 is 0 Å². The van der Waals surface area contributed by atoms with Gasteiger partial charge in [0, 0.05) is 68.7 Å². The van der Waals surface area contributed by atoms with Gasteiger partial charge in [-0.1, -0.05) is 424 Å². The van der Waals surface area contributed by atoms with E-state index in [2.05, 4.69) is 512 Å². The minimum absolute atomic E-state index is 0.195. The minimum Gasteiger partial charge on any atom is -0.309 e. The molecule has 0 N–H and O–H groups in total. The van der Waals surface area contributed by atoms with Crippen LogP contribution in [0.15, 0.2) is 461 Å². The highest BCUT2D eigenvalue weighted by Gasteiger charge is 2.44. The van der Waals surface area contributed by atoms with Gasteiger partial charge in [0.15, 0.2) is 0 Å². The molecule has 0 saturated heterocycles. The van der Waals surface area contributed by atoms with E-state index in [0.717, 1.165) is 0 Å². The minimum atomic E-state index is -0.203. The number of hydrogen-bond donors (Lipinski definition) is 0.